The van der Waals surface area contributed by atoms with Crippen LogP contribution in [0.2, 0.25) is 0 Å². The Morgan fingerprint density at radius 3 is 2.71 bits per heavy atom. The van der Waals surface area contributed by atoms with Gasteiger partial charge in [-0.15, -0.1) is 0 Å². The highest BCUT2D eigenvalue weighted by Gasteiger charge is 2.31. The van der Waals surface area contributed by atoms with Crippen molar-refractivity contribution in [3.63, 3.8) is 0 Å². The molecule has 2 heterocycles. The number of oxazole rings is 1. The van der Waals surface area contributed by atoms with Gasteiger partial charge < -0.3 is 19.4 Å². The number of ether oxygens (including phenoxy) is 1. The van der Waals surface area contributed by atoms with Crippen LogP contribution in [0.1, 0.15) is 71.4 Å². The normalized spacial score (nSPS) is 15.0. The SMILES string of the molecule is CCCNC(=O)c1coc(COc2ccc3c(c2)C(c2ccc(C)cc2)N(C(=O)CC)CC3)n1. The summed E-state index contributed by atoms with van der Waals surface area (Å²) in [6.45, 7) is 7.33. The van der Waals surface area contributed by atoms with E-state index in [1.807, 2.05) is 30.9 Å². The maximum atomic E-state index is 12.8. The quantitative estimate of drug-likeness (QED) is 0.531. The Labute approximate surface area is 200 Å². The fraction of sp³-hybridized carbons (Fsp3) is 0.370. The molecule has 0 saturated carbocycles. The number of fused-ring (bicyclic) bond motifs is 1. The summed E-state index contributed by atoms with van der Waals surface area (Å²) in [6, 6.07) is 14.2. The zero-order chi connectivity index (χ0) is 24.1. The maximum absolute atomic E-state index is 12.8. The fourth-order valence-electron chi connectivity index (χ4n) is 4.22. The molecule has 0 bridgehead atoms. The molecule has 1 unspecified atom stereocenters. The minimum absolute atomic E-state index is 0.104. The second-order valence-corrected chi connectivity index (χ2v) is 8.54. The molecule has 1 aliphatic rings. The summed E-state index contributed by atoms with van der Waals surface area (Å²) in [7, 11) is 0. The second kappa shape index (κ2) is 10.5. The molecule has 0 fully saturated rings. The summed E-state index contributed by atoms with van der Waals surface area (Å²) in [4.78, 5) is 31.0. The molecule has 2 aromatic carbocycles. The number of nitrogens with one attached hydrogen (secondary N) is 1. The molecule has 1 aliphatic heterocycles. The Morgan fingerprint density at radius 2 is 1.97 bits per heavy atom. The maximum Gasteiger partial charge on any atom is 0.273 e. The van der Waals surface area contributed by atoms with E-state index in [0.717, 1.165) is 24.0 Å². The molecule has 0 aliphatic carbocycles. The smallest absolute Gasteiger partial charge is 0.273 e. The van der Waals surface area contributed by atoms with Gasteiger partial charge in [-0.3, -0.25) is 9.59 Å². The van der Waals surface area contributed by atoms with Crippen molar-refractivity contribution < 1.29 is 18.7 Å². The molecular formula is C27H31N3O4. The van der Waals surface area contributed by atoms with Crippen LogP contribution in [0.25, 0.3) is 0 Å². The van der Waals surface area contributed by atoms with Gasteiger partial charge in [0.2, 0.25) is 11.8 Å². The van der Waals surface area contributed by atoms with E-state index in [9.17, 15) is 9.59 Å². The molecule has 2 amide bonds. The highest BCUT2D eigenvalue weighted by atomic mass is 16.5. The first-order chi connectivity index (χ1) is 16.5. The molecule has 1 N–H and O–H groups in total. The predicted octanol–water partition coefficient (Wildman–Crippen LogP) is 4.59. The van der Waals surface area contributed by atoms with E-state index in [2.05, 4.69) is 47.6 Å². The molecule has 1 aromatic heterocycles. The first-order valence-electron chi connectivity index (χ1n) is 11.8. The Morgan fingerprint density at radius 1 is 1.18 bits per heavy atom. The van der Waals surface area contributed by atoms with E-state index in [-0.39, 0.29) is 30.2 Å². The van der Waals surface area contributed by atoms with Crippen molar-refractivity contribution in [1.82, 2.24) is 15.2 Å². The molecule has 7 nitrogen and oxygen atoms in total. The third-order valence-electron chi connectivity index (χ3n) is 6.04. The summed E-state index contributed by atoms with van der Waals surface area (Å²) in [5, 5.41) is 2.78. The van der Waals surface area contributed by atoms with Crippen molar-refractivity contribution in [2.75, 3.05) is 13.1 Å². The molecule has 3 aromatic rings. The van der Waals surface area contributed by atoms with Crippen LogP contribution >= 0.6 is 0 Å². The topological polar surface area (TPSA) is 84.7 Å². The Balaban J connectivity index is 1.56. The molecule has 0 saturated heterocycles. The van der Waals surface area contributed by atoms with E-state index < -0.39 is 0 Å². The minimum Gasteiger partial charge on any atom is -0.484 e. The van der Waals surface area contributed by atoms with Gasteiger partial charge in [-0.05, 0) is 48.6 Å². The molecular weight excluding hydrogens is 430 g/mol. The summed E-state index contributed by atoms with van der Waals surface area (Å²) < 4.78 is 11.4. The molecule has 34 heavy (non-hydrogen) atoms. The van der Waals surface area contributed by atoms with Gasteiger partial charge in [-0.25, -0.2) is 4.98 Å². The molecule has 4 rings (SSSR count). The van der Waals surface area contributed by atoms with Gasteiger partial charge in [0.05, 0.1) is 6.04 Å². The minimum atomic E-state index is -0.257. The van der Waals surface area contributed by atoms with Crippen molar-refractivity contribution in [1.29, 1.82) is 0 Å². The van der Waals surface area contributed by atoms with Crippen LogP contribution < -0.4 is 10.1 Å². The number of amides is 2. The van der Waals surface area contributed by atoms with Crippen LogP contribution in [-0.2, 0) is 17.8 Å². The van der Waals surface area contributed by atoms with Crippen molar-refractivity contribution >= 4 is 11.8 Å². The van der Waals surface area contributed by atoms with Crippen molar-refractivity contribution in [2.24, 2.45) is 0 Å². The van der Waals surface area contributed by atoms with Gasteiger partial charge in [0.25, 0.3) is 5.91 Å². The standard InChI is InChI=1S/C27H31N3O4/c1-4-13-28-27(32)23-16-34-24(29-23)17-33-21-11-10-19-12-14-30(25(31)5-2)26(22(19)15-21)20-8-6-18(3)7-9-20/h6-11,15-16,26H,4-5,12-14,17H2,1-3H3,(H,28,32). The van der Waals surface area contributed by atoms with E-state index in [0.29, 0.717) is 31.2 Å². The number of rotatable bonds is 8. The Hall–Kier alpha value is -3.61. The van der Waals surface area contributed by atoms with Gasteiger partial charge in [-0.2, -0.15) is 0 Å². The molecule has 1 atom stereocenters. The second-order valence-electron chi connectivity index (χ2n) is 8.54. The predicted molar refractivity (Wildman–Crippen MR) is 129 cm³/mol. The van der Waals surface area contributed by atoms with Crippen molar-refractivity contribution in [2.45, 2.75) is 52.7 Å². The number of aryl methyl sites for hydroxylation is 1. The zero-order valence-electron chi connectivity index (χ0n) is 20.0. The van der Waals surface area contributed by atoms with Gasteiger partial charge in [0.15, 0.2) is 12.3 Å². The Kier molecular flexibility index (Phi) is 7.30. The van der Waals surface area contributed by atoms with Gasteiger partial charge >= 0.3 is 0 Å². The number of benzene rings is 2. The van der Waals surface area contributed by atoms with Crippen LogP contribution in [0.3, 0.4) is 0 Å². The first kappa shape index (κ1) is 23.5. The van der Waals surface area contributed by atoms with Crippen LogP contribution in [-0.4, -0.2) is 34.8 Å². The van der Waals surface area contributed by atoms with Crippen LogP contribution in [0, 0.1) is 6.92 Å². The van der Waals surface area contributed by atoms with Gasteiger partial charge in [0, 0.05) is 19.5 Å². The van der Waals surface area contributed by atoms with Crippen LogP contribution in [0.4, 0.5) is 0 Å². The van der Waals surface area contributed by atoms with Crippen LogP contribution in [0.15, 0.2) is 53.1 Å². The summed E-state index contributed by atoms with van der Waals surface area (Å²) in [5.74, 6) is 0.873. The first-order valence-corrected chi connectivity index (χ1v) is 11.8. The summed E-state index contributed by atoms with van der Waals surface area (Å²) >= 11 is 0. The van der Waals surface area contributed by atoms with Crippen molar-refractivity contribution in [3.05, 3.63) is 82.6 Å². The number of carbonyl (C=O) groups excluding carboxylic acids is 2. The summed E-state index contributed by atoms with van der Waals surface area (Å²) in [5.41, 5.74) is 4.79. The monoisotopic (exact) mass is 461 g/mol. The third kappa shape index (κ3) is 5.14. The lowest BCUT2D eigenvalue weighted by Gasteiger charge is -2.38. The average molecular weight is 462 g/mol. The fourth-order valence-corrected chi connectivity index (χ4v) is 4.22. The largest absolute Gasteiger partial charge is 0.484 e. The van der Waals surface area contributed by atoms with Crippen molar-refractivity contribution in [3.8, 4) is 5.75 Å². The zero-order valence-corrected chi connectivity index (χ0v) is 20.0. The average Bonchev–Trinajstić information content (AvgIpc) is 3.34. The third-order valence-corrected chi connectivity index (χ3v) is 6.04. The van der Waals surface area contributed by atoms with E-state index in [1.54, 1.807) is 0 Å². The molecule has 7 heteroatoms. The number of hydrogen-bond donors (Lipinski definition) is 1. The number of nitrogens with zero attached hydrogens (tertiary/aromatic N) is 2. The lowest BCUT2D eigenvalue weighted by atomic mass is 9.87. The van der Waals surface area contributed by atoms with Gasteiger partial charge in [-0.1, -0.05) is 49.7 Å². The Bertz CT molecular complexity index is 1150. The summed E-state index contributed by atoms with van der Waals surface area (Å²) in [6.07, 6.45) is 3.47. The molecule has 0 radical (unpaired) electrons. The number of hydrogen-bond acceptors (Lipinski definition) is 5. The lowest BCUT2D eigenvalue weighted by molar-refractivity contribution is -0.132. The van der Waals surface area contributed by atoms with Crippen LogP contribution in [0.5, 0.6) is 5.75 Å². The van der Waals surface area contributed by atoms with E-state index in [1.165, 1.54) is 17.4 Å². The van der Waals surface area contributed by atoms with Gasteiger partial charge in [0.1, 0.15) is 12.0 Å². The molecule has 0 spiro atoms. The lowest BCUT2D eigenvalue weighted by Crippen LogP contribution is -2.40. The highest BCUT2D eigenvalue weighted by Crippen LogP contribution is 2.37. The van der Waals surface area contributed by atoms with E-state index in [4.69, 9.17) is 9.15 Å². The van der Waals surface area contributed by atoms with E-state index >= 15 is 0 Å². The number of carbonyl (C=O) groups is 2. The molecule has 178 valence electrons. The highest BCUT2D eigenvalue weighted by molar-refractivity contribution is 5.91. The number of aromatic nitrogens is 1.